The second-order valence-electron chi connectivity index (χ2n) is 5.42. The van der Waals surface area contributed by atoms with Gasteiger partial charge >= 0.3 is 0 Å². The summed E-state index contributed by atoms with van der Waals surface area (Å²) in [5, 5.41) is 2.89. The Morgan fingerprint density at radius 3 is 2.60 bits per heavy atom. The lowest BCUT2D eigenvalue weighted by molar-refractivity contribution is -0.123. The monoisotopic (exact) mass is 280 g/mol. The molecule has 110 valence electrons. The van der Waals surface area contributed by atoms with Gasteiger partial charge in [-0.2, -0.15) is 0 Å². The number of carbonyl (C=O) groups is 1. The van der Waals surface area contributed by atoms with E-state index in [1.807, 2.05) is 0 Å². The van der Waals surface area contributed by atoms with Gasteiger partial charge < -0.3 is 15.8 Å². The first kappa shape index (κ1) is 14.9. The lowest BCUT2D eigenvalue weighted by atomic mass is 9.64. The molecule has 1 fully saturated rings. The molecule has 1 atom stereocenters. The number of benzene rings is 1. The molecule has 20 heavy (non-hydrogen) atoms. The Labute approximate surface area is 118 Å². The van der Waals surface area contributed by atoms with Crippen molar-refractivity contribution < 1.29 is 13.9 Å². The molecule has 0 radical (unpaired) electrons. The highest BCUT2D eigenvalue weighted by Crippen LogP contribution is 2.43. The Hall–Kier alpha value is -1.46. The maximum Gasteiger partial charge on any atom is 0.239 e. The van der Waals surface area contributed by atoms with Crippen LogP contribution in [0, 0.1) is 5.82 Å². The van der Waals surface area contributed by atoms with Gasteiger partial charge in [0.05, 0.1) is 6.61 Å². The summed E-state index contributed by atoms with van der Waals surface area (Å²) in [6, 6.07) is 5.89. The van der Waals surface area contributed by atoms with Crippen LogP contribution in [0.1, 0.15) is 24.8 Å². The average molecular weight is 280 g/mol. The summed E-state index contributed by atoms with van der Waals surface area (Å²) in [4.78, 5) is 11.8. The summed E-state index contributed by atoms with van der Waals surface area (Å²) in [5.74, 6) is -0.449. The molecule has 1 aliphatic carbocycles. The number of nitrogens with one attached hydrogen (secondary N) is 1. The van der Waals surface area contributed by atoms with Crippen LogP contribution in [0.4, 0.5) is 4.39 Å². The average Bonchev–Trinajstić information content (AvgIpc) is 2.39. The van der Waals surface area contributed by atoms with Crippen molar-refractivity contribution in [3.63, 3.8) is 0 Å². The third-order valence-electron chi connectivity index (χ3n) is 4.05. The van der Waals surface area contributed by atoms with Crippen molar-refractivity contribution >= 4 is 5.91 Å². The number of ether oxygens (including phenoxy) is 1. The molecule has 0 aromatic heterocycles. The molecule has 4 nitrogen and oxygen atoms in total. The van der Waals surface area contributed by atoms with Gasteiger partial charge in [0.1, 0.15) is 11.9 Å². The van der Waals surface area contributed by atoms with Crippen LogP contribution in [0.5, 0.6) is 0 Å². The van der Waals surface area contributed by atoms with Gasteiger partial charge in [0, 0.05) is 19.1 Å². The molecule has 0 aliphatic heterocycles. The third-order valence-corrected chi connectivity index (χ3v) is 4.05. The third kappa shape index (κ3) is 3.16. The van der Waals surface area contributed by atoms with Crippen molar-refractivity contribution in [3.05, 3.63) is 35.6 Å². The number of carbonyl (C=O) groups excluding carboxylic acids is 1. The van der Waals surface area contributed by atoms with Crippen LogP contribution in [0.2, 0.25) is 0 Å². The molecule has 1 amide bonds. The molecule has 0 spiro atoms. The van der Waals surface area contributed by atoms with Crippen LogP contribution < -0.4 is 11.1 Å². The SMILES string of the molecule is COCC(N)C(=O)NCC1(c2ccc(F)cc2)CCC1. The number of rotatable bonds is 6. The van der Waals surface area contributed by atoms with Gasteiger partial charge in [-0.1, -0.05) is 18.6 Å². The van der Waals surface area contributed by atoms with Crippen LogP contribution in [0.25, 0.3) is 0 Å². The topological polar surface area (TPSA) is 64.3 Å². The minimum Gasteiger partial charge on any atom is -0.383 e. The fourth-order valence-electron chi connectivity index (χ4n) is 2.62. The molecule has 3 N–H and O–H groups in total. The van der Waals surface area contributed by atoms with Gasteiger partial charge in [-0.25, -0.2) is 4.39 Å². The smallest absolute Gasteiger partial charge is 0.239 e. The summed E-state index contributed by atoms with van der Waals surface area (Å²) in [7, 11) is 1.51. The van der Waals surface area contributed by atoms with Crippen molar-refractivity contribution in [1.29, 1.82) is 0 Å². The van der Waals surface area contributed by atoms with Crippen molar-refractivity contribution in [2.75, 3.05) is 20.3 Å². The fraction of sp³-hybridized carbons (Fsp3) is 0.533. The predicted molar refractivity (Wildman–Crippen MR) is 74.8 cm³/mol. The molecule has 0 bridgehead atoms. The highest BCUT2D eigenvalue weighted by Gasteiger charge is 2.39. The van der Waals surface area contributed by atoms with E-state index in [-0.39, 0.29) is 23.7 Å². The number of amides is 1. The van der Waals surface area contributed by atoms with Crippen molar-refractivity contribution in [2.24, 2.45) is 5.73 Å². The minimum atomic E-state index is -0.648. The molecule has 1 saturated carbocycles. The first-order valence-electron chi connectivity index (χ1n) is 6.86. The van der Waals surface area contributed by atoms with Crippen LogP contribution in [0.15, 0.2) is 24.3 Å². The van der Waals surface area contributed by atoms with Gasteiger partial charge in [0.2, 0.25) is 5.91 Å². The molecule has 1 aliphatic rings. The van der Waals surface area contributed by atoms with E-state index in [9.17, 15) is 9.18 Å². The second-order valence-corrected chi connectivity index (χ2v) is 5.42. The van der Waals surface area contributed by atoms with Crippen molar-refractivity contribution in [1.82, 2.24) is 5.32 Å². The predicted octanol–water partition coefficient (Wildman–Crippen LogP) is 1.34. The van der Waals surface area contributed by atoms with E-state index in [0.29, 0.717) is 6.54 Å². The Kier molecular flexibility index (Phi) is 4.73. The molecule has 1 aromatic carbocycles. The molecule has 2 rings (SSSR count). The Balaban J connectivity index is 1.98. The maximum atomic E-state index is 13.0. The second kappa shape index (κ2) is 6.33. The standard InChI is InChI=1S/C15H21FN2O2/c1-20-9-13(17)14(19)18-10-15(7-2-8-15)11-3-5-12(16)6-4-11/h3-6,13H,2,7-10,17H2,1H3,(H,18,19). The zero-order valence-electron chi connectivity index (χ0n) is 11.7. The van der Waals surface area contributed by atoms with Gasteiger partial charge in [0.25, 0.3) is 0 Å². The van der Waals surface area contributed by atoms with E-state index in [1.165, 1.54) is 19.2 Å². The van der Waals surface area contributed by atoms with Crippen LogP contribution in [0.3, 0.4) is 0 Å². The summed E-state index contributed by atoms with van der Waals surface area (Å²) in [5.41, 5.74) is 6.69. The fourth-order valence-corrected chi connectivity index (χ4v) is 2.62. The lowest BCUT2D eigenvalue weighted by Crippen LogP contribution is -2.50. The van der Waals surface area contributed by atoms with Crippen LogP contribution in [-0.2, 0) is 14.9 Å². The van der Waals surface area contributed by atoms with E-state index in [2.05, 4.69) is 5.32 Å². The van der Waals surface area contributed by atoms with E-state index < -0.39 is 6.04 Å². The lowest BCUT2D eigenvalue weighted by Gasteiger charge is -2.42. The van der Waals surface area contributed by atoms with Crippen molar-refractivity contribution in [3.8, 4) is 0 Å². The van der Waals surface area contributed by atoms with E-state index >= 15 is 0 Å². The van der Waals surface area contributed by atoms with E-state index in [4.69, 9.17) is 10.5 Å². The van der Waals surface area contributed by atoms with Gasteiger partial charge in [-0.05, 0) is 30.5 Å². The highest BCUT2D eigenvalue weighted by molar-refractivity contribution is 5.81. The molecule has 0 saturated heterocycles. The van der Waals surface area contributed by atoms with Crippen LogP contribution >= 0.6 is 0 Å². The first-order chi connectivity index (χ1) is 9.57. The number of nitrogens with two attached hydrogens (primary N) is 1. The first-order valence-corrected chi connectivity index (χ1v) is 6.86. The maximum absolute atomic E-state index is 13.0. The minimum absolute atomic E-state index is 0.0733. The molecule has 1 unspecified atom stereocenters. The molecular formula is C15H21FN2O2. The summed E-state index contributed by atoms with van der Waals surface area (Å²) < 4.78 is 17.9. The Bertz CT molecular complexity index is 457. The molecule has 0 heterocycles. The number of hydrogen-bond acceptors (Lipinski definition) is 3. The van der Waals surface area contributed by atoms with Gasteiger partial charge in [0.15, 0.2) is 0 Å². The largest absolute Gasteiger partial charge is 0.383 e. The van der Waals surface area contributed by atoms with E-state index in [1.54, 1.807) is 12.1 Å². The molecule has 1 aromatic rings. The Morgan fingerprint density at radius 2 is 2.10 bits per heavy atom. The normalized spacial score (nSPS) is 18.1. The van der Waals surface area contributed by atoms with Crippen molar-refractivity contribution in [2.45, 2.75) is 30.7 Å². The van der Waals surface area contributed by atoms with Crippen LogP contribution in [-0.4, -0.2) is 32.2 Å². The zero-order chi connectivity index (χ0) is 14.6. The van der Waals surface area contributed by atoms with E-state index in [0.717, 1.165) is 24.8 Å². The molecular weight excluding hydrogens is 259 g/mol. The zero-order valence-corrected chi connectivity index (χ0v) is 11.7. The number of halogens is 1. The molecule has 5 heteroatoms. The highest BCUT2D eigenvalue weighted by atomic mass is 19.1. The summed E-state index contributed by atoms with van der Waals surface area (Å²) in [6.45, 7) is 0.740. The number of hydrogen-bond donors (Lipinski definition) is 2. The number of methoxy groups -OCH3 is 1. The van der Waals surface area contributed by atoms with Gasteiger partial charge in [-0.3, -0.25) is 4.79 Å². The van der Waals surface area contributed by atoms with Gasteiger partial charge in [-0.15, -0.1) is 0 Å². The summed E-state index contributed by atoms with van der Waals surface area (Å²) >= 11 is 0. The summed E-state index contributed by atoms with van der Waals surface area (Å²) in [6.07, 6.45) is 3.12. The Morgan fingerprint density at radius 1 is 1.45 bits per heavy atom. The quantitative estimate of drug-likeness (QED) is 0.826.